The van der Waals surface area contributed by atoms with Gasteiger partial charge in [0, 0.05) is 30.8 Å². The van der Waals surface area contributed by atoms with Crippen molar-refractivity contribution in [2.45, 2.75) is 37.8 Å². The molecule has 2 aliphatic heterocycles. The van der Waals surface area contributed by atoms with Gasteiger partial charge in [0.15, 0.2) is 0 Å². The second-order valence-corrected chi connectivity index (χ2v) is 8.26. The first-order valence-electron chi connectivity index (χ1n) is 10.6. The predicted octanol–water partition coefficient (Wildman–Crippen LogP) is 3.55. The molecule has 2 saturated heterocycles. The fraction of sp³-hybridized carbons (Fsp3) is 0.500. The molecule has 31 heavy (non-hydrogen) atoms. The minimum Gasteiger partial charge on any atom is -0.368 e. The van der Waals surface area contributed by atoms with Gasteiger partial charge in [-0.15, -0.1) is 0 Å². The first kappa shape index (κ1) is 21.5. The van der Waals surface area contributed by atoms with Crippen LogP contribution >= 0.6 is 0 Å². The molecule has 0 radical (unpaired) electrons. The lowest BCUT2D eigenvalue weighted by Gasteiger charge is -2.34. The average Bonchev–Trinajstić information content (AvgIpc) is 3.26. The van der Waals surface area contributed by atoms with Crippen LogP contribution in [0.2, 0.25) is 0 Å². The van der Waals surface area contributed by atoms with E-state index in [4.69, 9.17) is 5.73 Å². The van der Waals surface area contributed by atoms with Crippen molar-refractivity contribution in [2.24, 2.45) is 0 Å². The van der Waals surface area contributed by atoms with Gasteiger partial charge in [0.1, 0.15) is 0 Å². The Bertz CT molecular complexity index is 926. The van der Waals surface area contributed by atoms with Crippen molar-refractivity contribution < 1.29 is 18.0 Å². The molecule has 1 unspecified atom stereocenters. The Hall–Kier alpha value is -2.68. The zero-order chi connectivity index (χ0) is 22.0. The van der Waals surface area contributed by atoms with Crippen molar-refractivity contribution in [1.82, 2.24) is 19.8 Å². The van der Waals surface area contributed by atoms with Crippen molar-refractivity contribution >= 4 is 11.9 Å². The van der Waals surface area contributed by atoms with Crippen LogP contribution < -0.4 is 5.73 Å². The van der Waals surface area contributed by atoms with Gasteiger partial charge in [-0.05, 0) is 56.5 Å². The third-order valence-electron chi connectivity index (χ3n) is 6.08. The van der Waals surface area contributed by atoms with Crippen molar-refractivity contribution in [1.29, 1.82) is 0 Å². The number of hydrogen-bond acceptors (Lipinski definition) is 5. The van der Waals surface area contributed by atoms with Crippen molar-refractivity contribution in [2.75, 3.05) is 38.5 Å². The molecule has 9 heteroatoms. The Morgan fingerprint density at radius 3 is 2.48 bits per heavy atom. The summed E-state index contributed by atoms with van der Waals surface area (Å²) in [6.07, 6.45) is 1.10. The van der Waals surface area contributed by atoms with E-state index < -0.39 is 11.7 Å². The number of alkyl halides is 3. The van der Waals surface area contributed by atoms with Gasteiger partial charge >= 0.3 is 6.18 Å². The highest BCUT2D eigenvalue weighted by molar-refractivity contribution is 5.78. The third kappa shape index (κ3) is 4.98. The molecular formula is C22H26F3N5O. The number of aromatic nitrogens is 2. The van der Waals surface area contributed by atoms with Gasteiger partial charge in [-0.1, -0.05) is 12.1 Å². The second kappa shape index (κ2) is 8.82. The molecule has 2 aliphatic rings. The molecule has 4 rings (SSSR count). The van der Waals surface area contributed by atoms with E-state index in [-0.39, 0.29) is 17.8 Å². The molecule has 2 N–H and O–H groups in total. The van der Waals surface area contributed by atoms with E-state index in [1.54, 1.807) is 6.20 Å². The van der Waals surface area contributed by atoms with Gasteiger partial charge < -0.3 is 10.6 Å². The summed E-state index contributed by atoms with van der Waals surface area (Å²) in [5.41, 5.74) is 7.08. The highest BCUT2D eigenvalue weighted by Gasteiger charge is 2.31. The van der Waals surface area contributed by atoms with E-state index in [2.05, 4.69) is 14.9 Å². The average molecular weight is 433 g/mol. The molecule has 1 aromatic carbocycles. The maximum Gasteiger partial charge on any atom is 0.416 e. The van der Waals surface area contributed by atoms with Gasteiger partial charge in [0.25, 0.3) is 0 Å². The Morgan fingerprint density at radius 2 is 1.81 bits per heavy atom. The second-order valence-electron chi connectivity index (χ2n) is 8.26. The van der Waals surface area contributed by atoms with Crippen LogP contribution in [0.15, 0.2) is 30.5 Å². The van der Waals surface area contributed by atoms with Crippen LogP contribution in [0.3, 0.4) is 0 Å². The fourth-order valence-corrected chi connectivity index (χ4v) is 4.44. The third-order valence-corrected chi connectivity index (χ3v) is 6.08. The number of hydrogen-bond donors (Lipinski definition) is 1. The molecule has 0 aliphatic carbocycles. The number of carbonyl (C=O) groups is 1. The summed E-state index contributed by atoms with van der Waals surface area (Å²) < 4.78 is 38.8. The van der Waals surface area contributed by atoms with Crippen LogP contribution in [0, 0.1) is 0 Å². The molecule has 6 nitrogen and oxygen atoms in total. The highest BCUT2D eigenvalue weighted by atomic mass is 19.4. The standard InChI is InChI=1S/C22H26F3N5O/c23-22(24,25)17-7-5-15(6-8-17)18-12-27-21(26)28-20(18)16-4-3-11-30(13-16)19(31)14-29-9-1-2-10-29/h5-8,12,16H,1-4,9-11,13-14H2,(H2,26,27,28). The van der Waals surface area contributed by atoms with Gasteiger partial charge in [0.05, 0.1) is 17.8 Å². The minimum atomic E-state index is -4.39. The van der Waals surface area contributed by atoms with Crippen LogP contribution in [0.4, 0.5) is 19.1 Å². The summed E-state index contributed by atoms with van der Waals surface area (Å²) in [6.45, 7) is 3.59. The number of likely N-dealkylation sites (tertiary alicyclic amines) is 2. The lowest BCUT2D eigenvalue weighted by molar-refractivity contribution is -0.137. The van der Waals surface area contributed by atoms with Crippen LogP contribution in [0.5, 0.6) is 0 Å². The Balaban J connectivity index is 1.56. The van der Waals surface area contributed by atoms with E-state index in [0.717, 1.165) is 50.9 Å². The zero-order valence-corrected chi connectivity index (χ0v) is 17.2. The quantitative estimate of drug-likeness (QED) is 0.798. The fourth-order valence-electron chi connectivity index (χ4n) is 4.44. The molecule has 166 valence electrons. The van der Waals surface area contributed by atoms with Crippen molar-refractivity contribution in [3.8, 4) is 11.1 Å². The minimum absolute atomic E-state index is 0.0427. The molecule has 0 bridgehead atoms. The maximum atomic E-state index is 12.9. The molecule has 2 fully saturated rings. The lowest BCUT2D eigenvalue weighted by atomic mass is 9.89. The number of nitrogens with two attached hydrogens (primary N) is 1. The molecular weight excluding hydrogens is 407 g/mol. The van der Waals surface area contributed by atoms with Gasteiger partial charge in [-0.25, -0.2) is 9.97 Å². The molecule has 2 aromatic rings. The molecule has 3 heterocycles. The number of anilines is 1. The molecule has 1 amide bonds. The van der Waals surface area contributed by atoms with E-state index >= 15 is 0 Å². The normalized spacial score (nSPS) is 20.2. The van der Waals surface area contributed by atoms with Crippen molar-refractivity contribution in [3.05, 3.63) is 41.7 Å². The molecule has 0 spiro atoms. The number of amides is 1. The number of piperidine rings is 1. The topological polar surface area (TPSA) is 75.3 Å². The van der Waals surface area contributed by atoms with E-state index in [9.17, 15) is 18.0 Å². The van der Waals surface area contributed by atoms with Gasteiger partial charge in [-0.3, -0.25) is 9.69 Å². The van der Waals surface area contributed by atoms with E-state index in [1.165, 1.54) is 12.1 Å². The van der Waals surface area contributed by atoms with Crippen LogP contribution in [0.25, 0.3) is 11.1 Å². The number of nitrogens with zero attached hydrogens (tertiary/aromatic N) is 4. The first-order valence-corrected chi connectivity index (χ1v) is 10.6. The highest BCUT2D eigenvalue weighted by Crippen LogP contribution is 2.35. The predicted molar refractivity (Wildman–Crippen MR) is 111 cm³/mol. The number of benzene rings is 1. The zero-order valence-electron chi connectivity index (χ0n) is 17.2. The van der Waals surface area contributed by atoms with E-state index in [1.807, 2.05) is 4.90 Å². The maximum absolute atomic E-state index is 12.9. The summed E-state index contributed by atoms with van der Waals surface area (Å²) in [5.74, 6) is 0.190. The van der Waals surface area contributed by atoms with Crippen LogP contribution in [0.1, 0.15) is 42.9 Å². The Morgan fingerprint density at radius 1 is 1.10 bits per heavy atom. The lowest BCUT2D eigenvalue weighted by Crippen LogP contribution is -2.44. The van der Waals surface area contributed by atoms with Crippen LogP contribution in [-0.4, -0.2) is 58.4 Å². The Kier molecular flexibility index (Phi) is 6.13. The van der Waals surface area contributed by atoms with Crippen molar-refractivity contribution in [3.63, 3.8) is 0 Å². The smallest absolute Gasteiger partial charge is 0.368 e. The summed E-state index contributed by atoms with van der Waals surface area (Å²) in [5, 5.41) is 0. The summed E-state index contributed by atoms with van der Waals surface area (Å²) >= 11 is 0. The summed E-state index contributed by atoms with van der Waals surface area (Å²) in [6, 6.07) is 4.98. The summed E-state index contributed by atoms with van der Waals surface area (Å²) in [4.78, 5) is 25.4. The number of carbonyl (C=O) groups excluding carboxylic acids is 1. The number of rotatable bonds is 4. The largest absolute Gasteiger partial charge is 0.416 e. The molecule has 0 saturated carbocycles. The first-order chi connectivity index (χ1) is 14.8. The molecule has 1 aromatic heterocycles. The monoisotopic (exact) mass is 433 g/mol. The van der Waals surface area contributed by atoms with E-state index in [0.29, 0.717) is 36.5 Å². The SMILES string of the molecule is Nc1ncc(-c2ccc(C(F)(F)F)cc2)c(C2CCCN(C(=O)CN3CCCC3)C2)n1. The summed E-state index contributed by atoms with van der Waals surface area (Å²) in [7, 11) is 0. The van der Waals surface area contributed by atoms with Gasteiger partial charge in [-0.2, -0.15) is 13.2 Å². The number of nitrogen functional groups attached to an aromatic ring is 1. The molecule has 1 atom stereocenters. The Labute approximate surface area is 179 Å². The van der Waals surface area contributed by atoms with Gasteiger partial charge in [0.2, 0.25) is 11.9 Å². The van der Waals surface area contributed by atoms with Crippen LogP contribution in [-0.2, 0) is 11.0 Å². The number of halogens is 3.